The van der Waals surface area contributed by atoms with Crippen LogP contribution in [0.2, 0.25) is 0 Å². The molecule has 1 aromatic heterocycles. The molecule has 0 radical (unpaired) electrons. The average molecular weight is 431 g/mol. The lowest BCUT2D eigenvalue weighted by Gasteiger charge is -2.34. The molecule has 2 aromatic carbocycles. The first-order valence-electron chi connectivity index (χ1n) is 11.1. The molecular formula is C26H30N4O2. The fraction of sp³-hybridized carbons (Fsp3) is 0.308. The predicted octanol–water partition coefficient (Wildman–Crippen LogP) is 4.36. The molecule has 1 aliphatic rings. The van der Waals surface area contributed by atoms with E-state index in [4.69, 9.17) is 0 Å². The van der Waals surface area contributed by atoms with Crippen LogP contribution >= 0.6 is 0 Å². The van der Waals surface area contributed by atoms with E-state index in [1.807, 2.05) is 37.3 Å². The van der Waals surface area contributed by atoms with Crippen molar-refractivity contribution in [3.8, 4) is 0 Å². The Morgan fingerprint density at radius 3 is 2.78 bits per heavy atom. The van der Waals surface area contributed by atoms with Crippen molar-refractivity contribution in [1.29, 1.82) is 0 Å². The molecule has 4 rings (SSSR count). The largest absolute Gasteiger partial charge is 0.481 e. The number of aryl methyl sites for hydroxylation is 1. The molecule has 0 amide bonds. The van der Waals surface area contributed by atoms with Crippen LogP contribution in [0.4, 0.5) is 11.5 Å². The van der Waals surface area contributed by atoms with Crippen molar-refractivity contribution >= 4 is 17.5 Å². The number of hydrogen-bond acceptors (Lipinski definition) is 5. The number of fused-ring (bicyclic) bond motifs is 1. The SMILES string of the molecule is Cc1ccc(CCNC(c2ccccc2)[C@H]2CNc3cccnc3N2)cc1C(C)C(=O)O. The van der Waals surface area contributed by atoms with Crippen LogP contribution in [0.15, 0.2) is 66.9 Å². The number of rotatable bonds is 8. The van der Waals surface area contributed by atoms with Gasteiger partial charge in [0.05, 0.1) is 23.7 Å². The number of carboxylic acid groups (broad SMARTS) is 1. The highest BCUT2D eigenvalue weighted by molar-refractivity contribution is 5.76. The van der Waals surface area contributed by atoms with Gasteiger partial charge in [0.2, 0.25) is 0 Å². The van der Waals surface area contributed by atoms with E-state index in [9.17, 15) is 9.90 Å². The van der Waals surface area contributed by atoms with Gasteiger partial charge in [-0.05, 0) is 61.2 Å². The van der Waals surface area contributed by atoms with E-state index in [0.29, 0.717) is 0 Å². The van der Waals surface area contributed by atoms with Crippen LogP contribution in [-0.2, 0) is 11.2 Å². The van der Waals surface area contributed by atoms with Crippen molar-refractivity contribution < 1.29 is 9.90 Å². The number of pyridine rings is 1. The van der Waals surface area contributed by atoms with Crippen LogP contribution in [0.5, 0.6) is 0 Å². The van der Waals surface area contributed by atoms with Gasteiger partial charge in [0.1, 0.15) is 5.82 Å². The Morgan fingerprint density at radius 1 is 1.19 bits per heavy atom. The Hall–Kier alpha value is -3.38. The van der Waals surface area contributed by atoms with Crippen LogP contribution in [-0.4, -0.2) is 35.2 Å². The van der Waals surface area contributed by atoms with Gasteiger partial charge in [0.25, 0.3) is 0 Å². The van der Waals surface area contributed by atoms with Crippen molar-refractivity contribution in [3.05, 3.63) is 89.1 Å². The Balaban J connectivity index is 1.47. The lowest BCUT2D eigenvalue weighted by Crippen LogP contribution is -2.44. The van der Waals surface area contributed by atoms with Gasteiger partial charge in [-0.25, -0.2) is 4.98 Å². The highest BCUT2D eigenvalue weighted by atomic mass is 16.4. The quantitative estimate of drug-likeness (QED) is 0.425. The van der Waals surface area contributed by atoms with E-state index in [1.165, 1.54) is 5.56 Å². The molecule has 4 N–H and O–H groups in total. The van der Waals surface area contributed by atoms with Gasteiger partial charge in [-0.3, -0.25) is 4.79 Å². The van der Waals surface area contributed by atoms with Crippen molar-refractivity contribution in [3.63, 3.8) is 0 Å². The monoisotopic (exact) mass is 430 g/mol. The summed E-state index contributed by atoms with van der Waals surface area (Å²) < 4.78 is 0. The maximum absolute atomic E-state index is 11.5. The summed E-state index contributed by atoms with van der Waals surface area (Å²) in [6.45, 7) is 5.27. The summed E-state index contributed by atoms with van der Waals surface area (Å²) in [5.74, 6) is -0.431. The molecule has 2 unspecified atom stereocenters. The lowest BCUT2D eigenvalue weighted by atomic mass is 9.93. The Labute approximate surface area is 189 Å². The molecule has 2 heterocycles. The van der Waals surface area contributed by atoms with Crippen LogP contribution in [0.25, 0.3) is 0 Å². The Kier molecular flexibility index (Phi) is 6.71. The minimum Gasteiger partial charge on any atom is -0.481 e. The fourth-order valence-corrected chi connectivity index (χ4v) is 4.28. The first kappa shape index (κ1) is 21.8. The van der Waals surface area contributed by atoms with Crippen LogP contribution in [0, 0.1) is 6.92 Å². The molecule has 0 fully saturated rings. The molecule has 0 saturated carbocycles. The molecule has 32 heavy (non-hydrogen) atoms. The number of nitrogens with one attached hydrogen (secondary N) is 3. The van der Waals surface area contributed by atoms with E-state index in [0.717, 1.165) is 47.7 Å². The summed E-state index contributed by atoms with van der Waals surface area (Å²) in [6.07, 6.45) is 2.62. The zero-order chi connectivity index (χ0) is 22.5. The summed E-state index contributed by atoms with van der Waals surface area (Å²) in [5, 5.41) is 20.2. The third-order valence-electron chi connectivity index (χ3n) is 6.16. The molecule has 166 valence electrons. The number of carbonyl (C=O) groups is 1. The fourth-order valence-electron chi connectivity index (χ4n) is 4.28. The van der Waals surface area contributed by atoms with E-state index in [2.05, 4.69) is 51.3 Å². The summed E-state index contributed by atoms with van der Waals surface area (Å²) >= 11 is 0. The number of hydrogen-bond donors (Lipinski definition) is 4. The van der Waals surface area contributed by atoms with E-state index in [-0.39, 0.29) is 12.1 Å². The first-order valence-corrected chi connectivity index (χ1v) is 11.1. The van der Waals surface area contributed by atoms with Crippen molar-refractivity contribution in [2.75, 3.05) is 23.7 Å². The first-order chi connectivity index (χ1) is 15.5. The number of aromatic nitrogens is 1. The number of carboxylic acids is 1. The van der Waals surface area contributed by atoms with Gasteiger partial charge in [-0.2, -0.15) is 0 Å². The van der Waals surface area contributed by atoms with Gasteiger partial charge in [0.15, 0.2) is 0 Å². The topological polar surface area (TPSA) is 86.3 Å². The lowest BCUT2D eigenvalue weighted by molar-refractivity contribution is -0.138. The highest BCUT2D eigenvalue weighted by Gasteiger charge is 2.27. The molecule has 0 saturated heterocycles. The van der Waals surface area contributed by atoms with E-state index in [1.54, 1.807) is 13.1 Å². The molecule has 6 heteroatoms. The van der Waals surface area contributed by atoms with Gasteiger partial charge in [0, 0.05) is 12.7 Å². The van der Waals surface area contributed by atoms with Crippen LogP contribution in [0.1, 0.15) is 41.1 Å². The average Bonchev–Trinajstić information content (AvgIpc) is 2.82. The minimum atomic E-state index is -0.794. The van der Waals surface area contributed by atoms with Crippen molar-refractivity contribution in [2.45, 2.75) is 38.3 Å². The third-order valence-corrected chi connectivity index (χ3v) is 6.16. The van der Waals surface area contributed by atoms with E-state index >= 15 is 0 Å². The second-order valence-corrected chi connectivity index (χ2v) is 8.37. The van der Waals surface area contributed by atoms with Crippen LogP contribution in [0.3, 0.4) is 0 Å². The number of benzene rings is 2. The second-order valence-electron chi connectivity index (χ2n) is 8.37. The maximum Gasteiger partial charge on any atom is 0.310 e. The maximum atomic E-state index is 11.5. The molecule has 0 bridgehead atoms. The van der Waals surface area contributed by atoms with Gasteiger partial charge < -0.3 is 21.1 Å². The molecule has 6 nitrogen and oxygen atoms in total. The van der Waals surface area contributed by atoms with Gasteiger partial charge in [-0.1, -0.05) is 48.5 Å². The summed E-state index contributed by atoms with van der Waals surface area (Å²) in [6, 6.07) is 20.8. The summed E-state index contributed by atoms with van der Waals surface area (Å²) in [5.41, 5.74) is 5.28. The third kappa shape index (κ3) is 4.92. The predicted molar refractivity (Wildman–Crippen MR) is 128 cm³/mol. The normalized spacial score (nSPS) is 16.9. The number of anilines is 2. The number of nitrogens with zero attached hydrogens (tertiary/aromatic N) is 1. The standard InChI is InChI=1S/C26H30N4O2/c1-17-10-11-19(15-21(17)18(2)26(31)32)12-14-27-24(20-7-4-3-5-8-20)23-16-29-22-9-6-13-28-25(22)30-23/h3-11,13,15,18,23-24,27,29H,12,14,16H2,1-2H3,(H,28,30)(H,31,32)/t18?,23-,24?/m1/s1. The molecule has 3 atom stereocenters. The van der Waals surface area contributed by atoms with Crippen molar-refractivity contribution in [2.24, 2.45) is 0 Å². The number of aliphatic carboxylic acids is 1. The molecular weight excluding hydrogens is 400 g/mol. The van der Waals surface area contributed by atoms with Crippen LogP contribution < -0.4 is 16.0 Å². The van der Waals surface area contributed by atoms with Gasteiger partial charge in [-0.15, -0.1) is 0 Å². The zero-order valence-electron chi connectivity index (χ0n) is 18.5. The van der Waals surface area contributed by atoms with Gasteiger partial charge >= 0.3 is 5.97 Å². The Morgan fingerprint density at radius 2 is 2.00 bits per heavy atom. The van der Waals surface area contributed by atoms with Crippen molar-refractivity contribution in [1.82, 2.24) is 10.3 Å². The zero-order valence-corrected chi connectivity index (χ0v) is 18.5. The second kappa shape index (κ2) is 9.83. The summed E-state index contributed by atoms with van der Waals surface area (Å²) in [7, 11) is 0. The summed E-state index contributed by atoms with van der Waals surface area (Å²) in [4.78, 5) is 15.9. The minimum absolute atomic E-state index is 0.0988. The molecule has 0 spiro atoms. The smallest absolute Gasteiger partial charge is 0.310 e. The molecule has 0 aliphatic carbocycles. The highest BCUT2D eigenvalue weighted by Crippen LogP contribution is 2.28. The molecule has 1 aliphatic heterocycles. The molecule has 3 aromatic rings. The van der Waals surface area contributed by atoms with E-state index < -0.39 is 11.9 Å². The Bertz CT molecular complexity index is 1070.